The highest BCUT2D eigenvalue weighted by Gasteiger charge is 2.18. The number of anilines is 4. The fourth-order valence-corrected chi connectivity index (χ4v) is 4.26. The predicted molar refractivity (Wildman–Crippen MR) is 162 cm³/mol. The van der Waals surface area contributed by atoms with Gasteiger partial charge in [0.15, 0.2) is 5.82 Å². The molecule has 214 valence electrons. The number of ether oxygens (including phenoxy) is 2. The van der Waals surface area contributed by atoms with Crippen molar-refractivity contribution < 1.29 is 14.3 Å². The molecule has 2 heterocycles. The Bertz CT molecular complexity index is 1490. The van der Waals surface area contributed by atoms with Crippen molar-refractivity contribution in [1.82, 2.24) is 24.6 Å². The third kappa shape index (κ3) is 7.27. The summed E-state index contributed by atoms with van der Waals surface area (Å²) in [6, 6.07) is 15.5. The number of carbonyl (C=O) groups is 1. The van der Waals surface area contributed by atoms with Gasteiger partial charge in [-0.15, -0.1) is 0 Å². The van der Waals surface area contributed by atoms with Crippen LogP contribution in [-0.2, 0) is 16.1 Å². The van der Waals surface area contributed by atoms with E-state index in [2.05, 4.69) is 27.1 Å². The van der Waals surface area contributed by atoms with Gasteiger partial charge in [0, 0.05) is 62.9 Å². The first-order valence-corrected chi connectivity index (χ1v) is 13.1. The number of methoxy groups -OCH3 is 2. The Hall–Kier alpha value is -4.74. The highest BCUT2D eigenvalue weighted by Crippen LogP contribution is 2.38. The van der Waals surface area contributed by atoms with Gasteiger partial charge in [0.05, 0.1) is 36.5 Å². The van der Waals surface area contributed by atoms with Crippen LogP contribution in [-0.4, -0.2) is 79.1 Å². The molecule has 0 bridgehead atoms. The lowest BCUT2D eigenvalue weighted by molar-refractivity contribution is -0.111. The molecular formula is C30H36N8O3. The molecule has 2 aromatic carbocycles. The number of hydrogen-bond donors (Lipinski definition) is 2. The molecule has 0 aliphatic rings. The van der Waals surface area contributed by atoms with Crippen molar-refractivity contribution in [2.75, 3.05) is 64.0 Å². The van der Waals surface area contributed by atoms with Gasteiger partial charge < -0.3 is 29.9 Å². The van der Waals surface area contributed by atoms with Gasteiger partial charge in [-0.25, -0.2) is 9.67 Å². The van der Waals surface area contributed by atoms with Crippen LogP contribution in [0, 0.1) is 0 Å². The van der Waals surface area contributed by atoms with Crippen LogP contribution < -0.4 is 20.3 Å². The van der Waals surface area contributed by atoms with Crippen LogP contribution in [0.2, 0.25) is 0 Å². The normalized spacial score (nSPS) is 10.9. The summed E-state index contributed by atoms with van der Waals surface area (Å²) in [4.78, 5) is 25.5. The Morgan fingerprint density at radius 3 is 2.56 bits per heavy atom. The molecule has 0 saturated carbocycles. The molecule has 41 heavy (non-hydrogen) atoms. The summed E-state index contributed by atoms with van der Waals surface area (Å²) in [5, 5.41) is 11.0. The maximum absolute atomic E-state index is 12.2. The molecule has 4 rings (SSSR count). The molecule has 1 amide bonds. The number of carbonyl (C=O) groups excluding carboxylic acids is 1. The van der Waals surface area contributed by atoms with E-state index in [0.29, 0.717) is 42.0 Å². The van der Waals surface area contributed by atoms with Crippen LogP contribution in [0.1, 0.15) is 5.56 Å². The molecule has 0 radical (unpaired) electrons. The van der Waals surface area contributed by atoms with Crippen LogP contribution >= 0.6 is 0 Å². The summed E-state index contributed by atoms with van der Waals surface area (Å²) >= 11 is 0. The van der Waals surface area contributed by atoms with E-state index in [-0.39, 0.29) is 5.91 Å². The van der Waals surface area contributed by atoms with Crippen LogP contribution in [0.5, 0.6) is 5.75 Å². The van der Waals surface area contributed by atoms with Crippen molar-refractivity contribution in [2.24, 2.45) is 0 Å². The highest BCUT2D eigenvalue weighted by molar-refractivity contribution is 6.02. The van der Waals surface area contributed by atoms with Gasteiger partial charge in [-0.3, -0.25) is 4.79 Å². The Morgan fingerprint density at radius 1 is 1.10 bits per heavy atom. The molecule has 0 atom stereocenters. The molecule has 0 unspecified atom stereocenters. The third-order valence-corrected chi connectivity index (χ3v) is 6.25. The minimum atomic E-state index is -0.331. The second-order valence-electron chi connectivity index (χ2n) is 9.59. The van der Waals surface area contributed by atoms with Gasteiger partial charge in [-0.2, -0.15) is 10.1 Å². The number of nitrogens with zero attached hydrogens (tertiary/aromatic N) is 6. The molecule has 0 fully saturated rings. The van der Waals surface area contributed by atoms with Crippen LogP contribution in [0.15, 0.2) is 73.6 Å². The number of hydrogen-bond acceptors (Lipinski definition) is 9. The minimum Gasteiger partial charge on any atom is -0.494 e. The van der Waals surface area contributed by atoms with Gasteiger partial charge in [0.25, 0.3) is 0 Å². The van der Waals surface area contributed by atoms with Crippen molar-refractivity contribution in [3.8, 4) is 22.8 Å². The number of likely N-dealkylation sites (N-methyl/N-ethyl adjacent to an activating group) is 1. The molecule has 11 heteroatoms. The number of amides is 1. The van der Waals surface area contributed by atoms with Crippen molar-refractivity contribution in [1.29, 1.82) is 0 Å². The van der Waals surface area contributed by atoms with Crippen molar-refractivity contribution in [2.45, 2.75) is 6.54 Å². The fraction of sp³-hybridized carbons (Fsp3) is 0.267. The van der Waals surface area contributed by atoms with Crippen LogP contribution in [0.4, 0.5) is 23.0 Å². The van der Waals surface area contributed by atoms with Gasteiger partial charge >= 0.3 is 0 Å². The zero-order valence-corrected chi connectivity index (χ0v) is 24.1. The van der Waals surface area contributed by atoms with E-state index in [0.717, 1.165) is 29.1 Å². The highest BCUT2D eigenvalue weighted by atomic mass is 16.5. The van der Waals surface area contributed by atoms with Crippen molar-refractivity contribution in [3.63, 3.8) is 0 Å². The van der Waals surface area contributed by atoms with Gasteiger partial charge in [-0.1, -0.05) is 36.9 Å². The molecule has 0 aliphatic heterocycles. The topological polar surface area (TPSA) is 110 Å². The lowest BCUT2D eigenvalue weighted by Crippen LogP contribution is -2.24. The third-order valence-electron chi connectivity index (χ3n) is 6.25. The summed E-state index contributed by atoms with van der Waals surface area (Å²) in [6.07, 6.45) is 4.88. The molecule has 2 aromatic heterocycles. The second-order valence-corrected chi connectivity index (χ2v) is 9.59. The van der Waals surface area contributed by atoms with Gasteiger partial charge in [-0.05, 0) is 26.2 Å². The summed E-state index contributed by atoms with van der Waals surface area (Å²) in [7, 11) is 9.19. The van der Waals surface area contributed by atoms with Crippen molar-refractivity contribution >= 4 is 28.9 Å². The quantitative estimate of drug-likeness (QED) is 0.232. The Morgan fingerprint density at radius 2 is 1.88 bits per heavy atom. The van der Waals surface area contributed by atoms with Gasteiger partial charge in [0.2, 0.25) is 11.9 Å². The van der Waals surface area contributed by atoms with E-state index < -0.39 is 0 Å². The number of aromatic nitrogens is 4. The van der Waals surface area contributed by atoms with Crippen molar-refractivity contribution in [3.05, 3.63) is 79.1 Å². The second kappa shape index (κ2) is 13.6. The largest absolute Gasteiger partial charge is 0.494 e. The van der Waals surface area contributed by atoms with Crippen LogP contribution in [0.3, 0.4) is 0 Å². The molecule has 4 aromatic rings. The van der Waals surface area contributed by atoms with E-state index in [4.69, 9.17) is 19.6 Å². The average molecular weight is 557 g/mol. The Labute approximate surface area is 240 Å². The summed E-state index contributed by atoms with van der Waals surface area (Å²) in [5.74, 6) is 1.16. The average Bonchev–Trinajstić information content (AvgIpc) is 3.39. The van der Waals surface area contributed by atoms with E-state index in [1.54, 1.807) is 37.2 Å². The number of rotatable bonds is 13. The standard InChI is InChI=1S/C30H36N8O3/c1-7-28(39)32-23-17-24(26(41-6)18-25(23)37(4)15-16-40-5)33-30-31-14-13-27(34-30)38-20-22(19-36(2)3)29(35-38)21-11-9-8-10-12-21/h7-14,17-18,20H,1,15-16,19H2,2-6H3,(H,32,39)(H,31,33,34). The fourth-order valence-electron chi connectivity index (χ4n) is 4.26. The minimum absolute atomic E-state index is 0.331. The zero-order valence-electron chi connectivity index (χ0n) is 24.1. The van der Waals surface area contributed by atoms with E-state index >= 15 is 0 Å². The lowest BCUT2D eigenvalue weighted by atomic mass is 10.1. The number of benzene rings is 2. The monoisotopic (exact) mass is 556 g/mol. The molecule has 2 N–H and O–H groups in total. The first kappa shape index (κ1) is 29.2. The maximum atomic E-state index is 12.2. The Kier molecular flexibility index (Phi) is 9.67. The summed E-state index contributed by atoms with van der Waals surface area (Å²) < 4.78 is 12.7. The molecule has 11 nitrogen and oxygen atoms in total. The molecule has 0 spiro atoms. The van der Waals surface area contributed by atoms with E-state index in [1.807, 2.05) is 68.6 Å². The van der Waals surface area contributed by atoms with Gasteiger partial charge in [0.1, 0.15) is 5.75 Å². The van der Waals surface area contributed by atoms with E-state index in [1.165, 1.54) is 6.08 Å². The lowest BCUT2D eigenvalue weighted by Gasteiger charge is -2.24. The zero-order chi connectivity index (χ0) is 29.4. The smallest absolute Gasteiger partial charge is 0.247 e. The molecule has 0 aliphatic carbocycles. The predicted octanol–water partition coefficient (Wildman–Crippen LogP) is 4.35. The molecular weight excluding hydrogens is 520 g/mol. The first-order chi connectivity index (χ1) is 19.8. The maximum Gasteiger partial charge on any atom is 0.247 e. The van der Waals surface area contributed by atoms with Crippen LogP contribution in [0.25, 0.3) is 17.1 Å². The summed E-state index contributed by atoms with van der Waals surface area (Å²) in [5.41, 5.74) is 4.90. The van der Waals surface area contributed by atoms with E-state index in [9.17, 15) is 4.79 Å². The first-order valence-electron chi connectivity index (χ1n) is 13.1. The Balaban J connectivity index is 1.69. The summed E-state index contributed by atoms with van der Waals surface area (Å²) in [6.45, 7) is 5.42. The SMILES string of the molecule is C=CC(=O)Nc1cc(Nc2nccc(-n3cc(CN(C)C)c(-c4ccccc4)n3)n2)c(OC)cc1N(C)CCOC. The molecule has 0 saturated heterocycles. The number of nitrogens with one attached hydrogen (secondary N) is 2.